The van der Waals surface area contributed by atoms with E-state index >= 15 is 0 Å². The third-order valence-electron chi connectivity index (χ3n) is 5.09. The Morgan fingerprint density at radius 1 is 1.26 bits per heavy atom. The van der Waals surface area contributed by atoms with E-state index in [4.69, 9.17) is 14.0 Å². The van der Waals surface area contributed by atoms with E-state index in [1.54, 1.807) is 32.4 Å². The first-order valence-electron chi connectivity index (χ1n) is 8.74. The zero-order chi connectivity index (χ0) is 19.0. The molecule has 1 saturated heterocycles. The number of carbonyl (C=O) groups excluding carboxylic acids is 2. The summed E-state index contributed by atoms with van der Waals surface area (Å²) in [4.78, 5) is 24.6. The highest BCUT2D eigenvalue weighted by Crippen LogP contribution is 2.49. The van der Waals surface area contributed by atoms with Gasteiger partial charge in [0.1, 0.15) is 0 Å². The lowest BCUT2D eigenvalue weighted by molar-refractivity contribution is -0.126. The highest BCUT2D eigenvalue weighted by atomic mass is 32.2. The van der Waals surface area contributed by atoms with E-state index in [1.165, 1.54) is 11.8 Å². The van der Waals surface area contributed by atoms with E-state index in [9.17, 15) is 9.59 Å². The van der Waals surface area contributed by atoms with Gasteiger partial charge in [-0.1, -0.05) is 16.9 Å². The molecule has 1 unspecified atom stereocenters. The fourth-order valence-electron chi connectivity index (χ4n) is 3.27. The van der Waals surface area contributed by atoms with Crippen molar-refractivity contribution in [3.05, 3.63) is 30.0 Å². The Balaban J connectivity index is 1.55. The summed E-state index contributed by atoms with van der Waals surface area (Å²) >= 11 is 1.27. The molecule has 1 atom stereocenters. The number of hydrogen-bond acceptors (Lipinski definition) is 7. The average molecular weight is 388 g/mol. The van der Waals surface area contributed by atoms with Crippen molar-refractivity contribution in [3.63, 3.8) is 0 Å². The number of aromatic nitrogens is 1. The van der Waals surface area contributed by atoms with Gasteiger partial charge in [0.25, 0.3) is 0 Å². The van der Waals surface area contributed by atoms with Crippen LogP contribution in [-0.2, 0) is 15.0 Å². The van der Waals surface area contributed by atoms with Gasteiger partial charge in [0, 0.05) is 17.4 Å². The number of hydrogen-bond donors (Lipinski definition) is 1. The molecule has 0 spiro atoms. The van der Waals surface area contributed by atoms with Crippen molar-refractivity contribution in [2.45, 2.75) is 30.7 Å². The molecular weight excluding hydrogens is 368 g/mol. The summed E-state index contributed by atoms with van der Waals surface area (Å²) in [5.41, 5.74) is 0.694. The van der Waals surface area contributed by atoms with E-state index in [2.05, 4.69) is 10.5 Å². The second kappa shape index (κ2) is 6.92. The Bertz CT molecular complexity index is 890. The Labute approximate surface area is 160 Å². The SMILES string of the molecule is COc1ccc(-c2cc(C3(C(=O)NC4CCSC4=O)CC3)no2)cc1OC. The predicted octanol–water partition coefficient (Wildman–Crippen LogP) is 2.54. The molecule has 1 aliphatic heterocycles. The van der Waals surface area contributed by atoms with Crippen LogP contribution in [-0.4, -0.2) is 42.2 Å². The summed E-state index contributed by atoms with van der Waals surface area (Å²) in [7, 11) is 3.15. The van der Waals surface area contributed by atoms with Gasteiger partial charge in [0.15, 0.2) is 17.3 Å². The molecule has 1 aromatic carbocycles. The summed E-state index contributed by atoms with van der Waals surface area (Å²) in [5, 5.41) is 7.06. The molecule has 8 heteroatoms. The summed E-state index contributed by atoms with van der Waals surface area (Å²) in [6, 6.07) is 6.84. The van der Waals surface area contributed by atoms with E-state index < -0.39 is 11.5 Å². The third-order valence-corrected chi connectivity index (χ3v) is 6.10. The number of rotatable bonds is 6. The van der Waals surface area contributed by atoms with Gasteiger partial charge >= 0.3 is 0 Å². The van der Waals surface area contributed by atoms with Gasteiger partial charge in [-0.25, -0.2) is 0 Å². The van der Waals surface area contributed by atoms with E-state index in [0.717, 1.165) is 11.3 Å². The normalized spacial score (nSPS) is 20.4. The standard InChI is InChI=1S/C19H20N2O5S/c1-24-13-4-3-11(9-15(13)25-2)14-10-16(21-26-14)19(6-7-19)18(23)20-12-5-8-27-17(12)22/h3-4,9-10,12H,5-8H2,1-2H3,(H,20,23). The van der Waals surface area contributed by atoms with Crippen molar-refractivity contribution in [1.29, 1.82) is 0 Å². The molecule has 1 N–H and O–H groups in total. The van der Waals surface area contributed by atoms with Crippen molar-refractivity contribution in [2.24, 2.45) is 0 Å². The predicted molar refractivity (Wildman–Crippen MR) is 100.0 cm³/mol. The van der Waals surface area contributed by atoms with E-state index in [0.29, 0.717) is 42.2 Å². The van der Waals surface area contributed by atoms with Gasteiger partial charge in [-0.15, -0.1) is 0 Å². The minimum absolute atomic E-state index is 0.0327. The summed E-state index contributed by atoms with van der Waals surface area (Å²) in [6.45, 7) is 0. The van der Waals surface area contributed by atoms with E-state index in [-0.39, 0.29) is 11.0 Å². The number of nitrogens with zero attached hydrogens (tertiary/aromatic N) is 1. The molecule has 2 aliphatic rings. The smallest absolute Gasteiger partial charge is 0.233 e. The molecule has 0 radical (unpaired) electrons. The number of methoxy groups -OCH3 is 2. The maximum absolute atomic E-state index is 12.8. The number of amides is 1. The third kappa shape index (κ3) is 3.18. The highest BCUT2D eigenvalue weighted by molar-refractivity contribution is 8.14. The second-order valence-corrected chi connectivity index (χ2v) is 7.81. The molecule has 2 aromatic rings. The molecule has 2 heterocycles. The summed E-state index contributed by atoms with van der Waals surface area (Å²) in [5.74, 6) is 2.37. The molecule has 7 nitrogen and oxygen atoms in total. The van der Waals surface area contributed by atoms with Crippen LogP contribution in [0, 0.1) is 0 Å². The minimum atomic E-state index is -0.689. The zero-order valence-corrected chi connectivity index (χ0v) is 15.9. The van der Waals surface area contributed by atoms with Crippen LogP contribution in [0.15, 0.2) is 28.8 Å². The maximum Gasteiger partial charge on any atom is 0.233 e. The fourth-order valence-corrected chi connectivity index (χ4v) is 4.21. The molecule has 0 bridgehead atoms. The number of carbonyl (C=O) groups is 2. The molecule has 4 rings (SSSR count). The molecule has 1 saturated carbocycles. The van der Waals surface area contributed by atoms with Gasteiger partial charge in [0.05, 0.1) is 31.4 Å². The lowest BCUT2D eigenvalue weighted by Gasteiger charge is -2.15. The monoisotopic (exact) mass is 388 g/mol. The van der Waals surface area contributed by atoms with Crippen molar-refractivity contribution >= 4 is 22.8 Å². The van der Waals surface area contributed by atoms with Gasteiger partial charge in [-0.3, -0.25) is 9.59 Å². The molecule has 1 amide bonds. The fraction of sp³-hybridized carbons (Fsp3) is 0.421. The zero-order valence-electron chi connectivity index (χ0n) is 15.1. The highest BCUT2D eigenvalue weighted by Gasteiger charge is 2.54. The van der Waals surface area contributed by atoms with Gasteiger partial charge in [-0.05, 0) is 37.5 Å². The van der Waals surface area contributed by atoms with Crippen molar-refractivity contribution in [2.75, 3.05) is 20.0 Å². The number of thioether (sulfide) groups is 1. The average Bonchev–Trinajstić information content (AvgIpc) is 3.17. The van der Waals surface area contributed by atoms with Crippen molar-refractivity contribution in [1.82, 2.24) is 10.5 Å². The van der Waals surface area contributed by atoms with Crippen LogP contribution >= 0.6 is 11.8 Å². The van der Waals surface area contributed by atoms with Crippen molar-refractivity contribution < 1.29 is 23.6 Å². The lowest BCUT2D eigenvalue weighted by Crippen LogP contribution is -2.43. The second-order valence-electron chi connectivity index (χ2n) is 6.71. The first-order valence-corrected chi connectivity index (χ1v) is 9.73. The van der Waals surface area contributed by atoms with Crippen LogP contribution in [0.1, 0.15) is 25.0 Å². The van der Waals surface area contributed by atoms with Crippen LogP contribution in [0.4, 0.5) is 0 Å². The van der Waals surface area contributed by atoms with E-state index in [1.807, 2.05) is 6.07 Å². The molecule has 2 fully saturated rings. The molecule has 1 aliphatic carbocycles. The van der Waals surface area contributed by atoms with Gasteiger partial charge in [-0.2, -0.15) is 0 Å². The molecule has 1 aromatic heterocycles. The Kier molecular flexibility index (Phi) is 4.59. The van der Waals surface area contributed by atoms with Crippen LogP contribution < -0.4 is 14.8 Å². The summed E-state index contributed by atoms with van der Waals surface area (Å²) in [6.07, 6.45) is 2.08. The first-order chi connectivity index (χ1) is 13.1. The van der Waals surface area contributed by atoms with Crippen LogP contribution in [0.3, 0.4) is 0 Å². The Hall–Kier alpha value is -2.48. The molecule has 27 heavy (non-hydrogen) atoms. The largest absolute Gasteiger partial charge is 0.493 e. The quantitative estimate of drug-likeness (QED) is 0.813. The first kappa shape index (κ1) is 17.9. The van der Waals surface area contributed by atoms with Gasteiger partial charge in [0.2, 0.25) is 11.0 Å². The summed E-state index contributed by atoms with van der Waals surface area (Å²) < 4.78 is 16.1. The number of benzene rings is 1. The topological polar surface area (TPSA) is 90.7 Å². The Morgan fingerprint density at radius 3 is 2.67 bits per heavy atom. The number of ether oxygens (including phenoxy) is 2. The lowest BCUT2D eigenvalue weighted by atomic mass is 9.99. The van der Waals surface area contributed by atoms with Crippen LogP contribution in [0.5, 0.6) is 11.5 Å². The maximum atomic E-state index is 12.8. The van der Waals surface area contributed by atoms with Crippen LogP contribution in [0.2, 0.25) is 0 Å². The minimum Gasteiger partial charge on any atom is -0.493 e. The molecular formula is C19H20N2O5S. The number of nitrogens with one attached hydrogen (secondary N) is 1. The molecule has 142 valence electrons. The van der Waals surface area contributed by atoms with Crippen molar-refractivity contribution in [3.8, 4) is 22.8 Å². The Morgan fingerprint density at radius 2 is 2.04 bits per heavy atom. The van der Waals surface area contributed by atoms with Crippen LogP contribution in [0.25, 0.3) is 11.3 Å². The van der Waals surface area contributed by atoms with Gasteiger partial charge < -0.3 is 19.3 Å².